The van der Waals surface area contributed by atoms with Gasteiger partial charge in [0.2, 0.25) is 0 Å². The quantitative estimate of drug-likeness (QED) is 0.825. The third-order valence-electron chi connectivity index (χ3n) is 3.10. The summed E-state index contributed by atoms with van der Waals surface area (Å²) in [4.78, 5) is 12.3. The van der Waals surface area contributed by atoms with Gasteiger partial charge in [0.15, 0.2) is 0 Å². The van der Waals surface area contributed by atoms with Gasteiger partial charge >= 0.3 is 0 Å². The summed E-state index contributed by atoms with van der Waals surface area (Å²) in [5.74, 6) is -0.0840. The Morgan fingerprint density at radius 3 is 2.45 bits per heavy atom. The number of halogens is 2. The second kappa shape index (κ2) is 6.91. The molecule has 4 heteroatoms. The van der Waals surface area contributed by atoms with Crippen molar-refractivity contribution in [2.45, 2.75) is 19.4 Å². The highest BCUT2D eigenvalue weighted by atomic mass is 79.9. The minimum absolute atomic E-state index is 0.0214. The van der Waals surface area contributed by atoms with Crippen LogP contribution in [0, 0.1) is 0 Å². The highest BCUT2D eigenvalue weighted by Gasteiger charge is 2.15. The molecule has 0 spiro atoms. The lowest BCUT2D eigenvalue weighted by molar-refractivity contribution is 0.0935. The summed E-state index contributed by atoms with van der Waals surface area (Å²) in [7, 11) is 0. The van der Waals surface area contributed by atoms with Gasteiger partial charge < -0.3 is 5.32 Å². The van der Waals surface area contributed by atoms with Gasteiger partial charge in [0.25, 0.3) is 5.91 Å². The van der Waals surface area contributed by atoms with E-state index in [9.17, 15) is 4.79 Å². The van der Waals surface area contributed by atoms with Crippen LogP contribution in [0.4, 0.5) is 0 Å². The van der Waals surface area contributed by atoms with Crippen molar-refractivity contribution in [3.8, 4) is 0 Å². The van der Waals surface area contributed by atoms with Crippen LogP contribution in [0.15, 0.2) is 53.0 Å². The molecule has 0 radical (unpaired) electrons. The van der Waals surface area contributed by atoms with Crippen LogP contribution in [0.5, 0.6) is 0 Å². The van der Waals surface area contributed by atoms with Gasteiger partial charge in [0.1, 0.15) is 0 Å². The summed E-state index contributed by atoms with van der Waals surface area (Å²) in [5, 5.41) is 3.74. The Morgan fingerprint density at radius 2 is 1.85 bits per heavy atom. The molecule has 20 heavy (non-hydrogen) atoms. The summed E-state index contributed by atoms with van der Waals surface area (Å²) < 4.78 is 0.795. The van der Waals surface area contributed by atoms with Crippen LogP contribution >= 0.6 is 27.5 Å². The van der Waals surface area contributed by atoms with E-state index >= 15 is 0 Å². The second-order valence-corrected chi connectivity index (χ2v) is 5.76. The van der Waals surface area contributed by atoms with Crippen molar-refractivity contribution in [1.29, 1.82) is 0 Å². The fourth-order valence-electron chi connectivity index (χ4n) is 2.00. The summed E-state index contributed by atoms with van der Waals surface area (Å²) in [6, 6.07) is 14.9. The van der Waals surface area contributed by atoms with E-state index in [1.165, 1.54) is 0 Å². The molecular weight excluding hydrogens is 338 g/mol. The minimum Gasteiger partial charge on any atom is -0.345 e. The van der Waals surface area contributed by atoms with Crippen LogP contribution in [-0.2, 0) is 0 Å². The summed E-state index contributed by atoms with van der Waals surface area (Å²) in [5.41, 5.74) is 1.69. The molecule has 2 aromatic rings. The van der Waals surface area contributed by atoms with E-state index in [-0.39, 0.29) is 11.9 Å². The molecule has 0 aliphatic heterocycles. The summed E-state index contributed by atoms with van der Waals surface area (Å²) in [6.45, 7) is 2.04. The first kappa shape index (κ1) is 15.1. The Kier molecular flexibility index (Phi) is 5.21. The predicted octanol–water partition coefficient (Wildman–Crippen LogP) is 4.98. The zero-order chi connectivity index (χ0) is 14.5. The topological polar surface area (TPSA) is 29.1 Å². The standard InChI is InChI=1S/C16H15BrClNO/c1-2-15(11-7-9-12(18)10-8-11)19-16(20)13-5-3-4-6-14(13)17/h3-10,15H,2H2,1H3,(H,19,20). The fourth-order valence-corrected chi connectivity index (χ4v) is 2.59. The fraction of sp³-hybridized carbons (Fsp3) is 0.188. The Morgan fingerprint density at radius 1 is 1.20 bits per heavy atom. The lowest BCUT2D eigenvalue weighted by Gasteiger charge is -2.18. The molecule has 0 saturated heterocycles. The van der Waals surface area contributed by atoms with Crippen molar-refractivity contribution >= 4 is 33.4 Å². The third-order valence-corrected chi connectivity index (χ3v) is 4.05. The maximum Gasteiger partial charge on any atom is 0.252 e. The van der Waals surface area contributed by atoms with Crippen LogP contribution in [0.1, 0.15) is 35.3 Å². The summed E-state index contributed by atoms with van der Waals surface area (Å²) >= 11 is 9.28. The molecule has 104 valence electrons. The lowest BCUT2D eigenvalue weighted by Crippen LogP contribution is -2.28. The molecule has 0 aromatic heterocycles. The Balaban J connectivity index is 2.16. The van der Waals surface area contributed by atoms with Crippen LogP contribution in [0.2, 0.25) is 5.02 Å². The third kappa shape index (κ3) is 3.62. The van der Waals surface area contributed by atoms with Crippen molar-refractivity contribution in [2.75, 3.05) is 0 Å². The normalized spacial score (nSPS) is 11.9. The molecule has 0 heterocycles. The molecular formula is C16H15BrClNO. The van der Waals surface area contributed by atoms with E-state index in [1.54, 1.807) is 6.07 Å². The first-order valence-corrected chi connectivity index (χ1v) is 7.59. The molecule has 2 aromatic carbocycles. The molecule has 0 bridgehead atoms. The number of amides is 1. The maximum absolute atomic E-state index is 12.3. The van der Waals surface area contributed by atoms with Gasteiger partial charge in [-0.3, -0.25) is 4.79 Å². The Hall–Kier alpha value is -1.32. The molecule has 1 unspecified atom stereocenters. The summed E-state index contributed by atoms with van der Waals surface area (Å²) in [6.07, 6.45) is 0.817. The largest absolute Gasteiger partial charge is 0.345 e. The van der Waals surface area contributed by atoms with E-state index in [0.29, 0.717) is 10.6 Å². The molecule has 2 rings (SSSR count). The predicted molar refractivity (Wildman–Crippen MR) is 86.1 cm³/mol. The number of hydrogen-bond acceptors (Lipinski definition) is 1. The van der Waals surface area contributed by atoms with Gasteiger partial charge in [-0.05, 0) is 52.2 Å². The molecule has 1 atom stereocenters. The van der Waals surface area contributed by atoms with E-state index in [1.807, 2.05) is 49.4 Å². The molecule has 0 aliphatic rings. The zero-order valence-corrected chi connectivity index (χ0v) is 13.4. The first-order valence-electron chi connectivity index (χ1n) is 6.42. The highest BCUT2D eigenvalue weighted by Crippen LogP contribution is 2.21. The number of carbonyl (C=O) groups is 1. The van der Waals surface area contributed by atoms with Crippen molar-refractivity contribution < 1.29 is 4.79 Å². The average Bonchev–Trinajstić information content (AvgIpc) is 2.46. The number of rotatable bonds is 4. The zero-order valence-electron chi connectivity index (χ0n) is 11.1. The number of hydrogen-bond donors (Lipinski definition) is 1. The number of carbonyl (C=O) groups excluding carboxylic acids is 1. The van der Waals surface area contributed by atoms with E-state index < -0.39 is 0 Å². The second-order valence-electron chi connectivity index (χ2n) is 4.47. The van der Waals surface area contributed by atoms with Crippen molar-refractivity contribution in [3.05, 3.63) is 69.2 Å². The van der Waals surface area contributed by atoms with Crippen LogP contribution < -0.4 is 5.32 Å². The molecule has 2 nitrogen and oxygen atoms in total. The van der Waals surface area contributed by atoms with Crippen molar-refractivity contribution in [1.82, 2.24) is 5.32 Å². The SMILES string of the molecule is CCC(NC(=O)c1ccccc1Br)c1ccc(Cl)cc1. The van der Waals surface area contributed by atoms with E-state index in [2.05, 4.69) is 21.2 Å². The maximum atomic E-state index is 12.3. The minimum atomic E-state index is -0.0840. The Bertz CT molecular complexity index is 598. The molecule has 0 fully saturated rings. The van der Waals surface area contributed by atoms with E-state index in [4.69, 9.17) is 11.6 Å². The van der Waals surface area contributed by atoms with Gasteiger partial charge in [-0.15, -0.1) is 0 Å². The molecule has 0 aliphatic carbocycles. The Labute approximate surface area is 132 Å². The monoisotopic (exact) mass is 351 g/mol. The van der Waals surface area contributed by atoms with Crippen LogP contribution in [0.3, 0.4) is 0 Å². The van der Waals surface area contributed by atoms with Gasteiger partial charge in [-0.2, -0.15) is 0 Å². The smallest absolute Gasteiger partial charge is 0.252 e. The van der Waals surface area contributed by atoms with Gasteiger partial charge in [-0.25, -0.2) is 0 Å². The first-order chi connectivity index (χ1) is 9.61. The van der Waals surface area contributed by atoms with Crippen molar-refractivity contribution in [3.63, 3.8) is 0 Å². The van der Waals surface area contributed by atoms with Gasteiger partial charge in [0, 0.05) is 9.50 Å². The van der Waals surface area contributed by atoms with Crippen molar-refractivity contribution in [2.24, 2.45) is 0 Å². The van der Waals surface area contributed by atoms with Gasteiger partial charge in [0.05, 0.1) is 11.6 Å². The molecule has 1 amide bonds. The average molecular weight is 353 g/mol. The van der Waals surface area contributed by atoms with Crippen LogP contribution in [0.25, 0.3) is 0 Å². The molecule has 1 N–H and O–H groups in total. The lowest BCUT2D eigenvalue weighted by atomic mass is 10.0. The number of benzene rings is 2. The van der Waals surface area contributed by atoms with E-state index in [0.717, 1.165) is 16.5 Å². The van der Waals surface area contributed by atoms with Crippen LogP contribution in [-0.4, -0.2) is 5.91 Å². The number of nitrogens with one attached hydrogen (secondary N) is 1. The van der Waals surface area contributed by atoms with Gasteiger partial charge in [-0.1, -0.05) is 42.8 Å². The highest BCUT2D eigenvalue weighted by molar-refractivity contribution is 9.10. The molecule has 0 saturated carbocycles.